The fraction of sp³-hybridized carbons (Fsp3) is 0.312. The molecule has 1 saturated heterocycles. The van der Waals surface area contributed by atoms with E-state index >= 15 is 0 Å². The van der Waals surface area contributed by atoms with Gasteiger partial charge in [-0.05, 0) is 31.0 Å². The summed E-state index contributed by atoms with van der Waals surface area (Å²) in [5, 5.41) is 14.7. The van der Waals surface area contributed by atoms with Gasteiger partial charge in [-0.1, -0.05) is 11.6 Å². The average molecular weight is 347 g/mol. The number of carbonyl (C=O) groups is 1. The van der Waals surface area contributed by atoms with Gasteiger partial charge in [-0.3, -0.25) is 4.79 Å². The summed E-state index contributed by atoms with van der Waals surface area (Å²) in [5.74, 6) is 0.127. The van der Waals surface area contributed by atoms with Gasteiger partial charge in [0.2, 0.25) is 0 Å². The van der Waals surface area contributed by atoms with Crippen molar-refractivity contribution in [1.82, 2.24) is 19.5 Å². The molecule has 1 fully saturated rings. The predicted molar refractivity (Wildman–Crippen MR) is 89.9 cm³/mol. The third-order valence-electron chi connectivity index (χ3n) is 4.59. The van der Waals surface area contributed by atoms with Crippen molar-refractivity contribution in [2.45, 2.75) is 18.8 Å². The Morgan fingerprint density at radius 2 is 2.04 bits per heavy atom. The van der Waals surface area contributed by atoms with Crippen molar-refractivity contribution in [1.29, 1.82) is 0 Å². The number of halogens is 1. The first-order chi connectivity index (χ1) is 11.5. The summed E-state index contributed by atoms with van der Waals surface area (Å²) in [5.41, 5.74) is 1.94. The molecule has 3 aromatic rings. The Balaban J connectivity index is 1.77. The Morgan fingerprint density at radius 1 is 1.29 bits per heavy atom. The second kappa shape index (κ2) is 5.52. The van der Waals surface area contributed by atoms with Crippen molar-refractivity contribution in [3.63, 3.8) is 0 Å². The zero-order valence-electron chi connectivity index (χ0n) is 12.7. The van der Waals surface area contributed by atoms with Crippen LogP contribution in [0.1, 0.15) is 24.5 Å². The summed E-state index contributed by atoms with van der Waals surface area (Å²) in [6.07, 6.45) is 0.477. The number of nitrogens with one attached hydrogen (secondary N) is 1. The Hall–Kier alpha value is -2.54. The Labute approximate surface area is 141 Å². The summed E-state index contributed by atoms with van der Waals surface area (Å²) in [6, 6.07) is 6.86. The van der Waals surface area contributed by atoms with Gasteiger partial charge < -0.3 is 15.0 Å². The molecule has 2 N–H and O–H groups in total. The van der Waals surface area contributed by atoms with Crippen molar-refractivity contribution in [2.75, 3.05) is 13.1 Å². The lowest BCUT2D eigenvalue weighted by molar-refractivity contribution is 0.131. The monoisotopic (exact) mass is 346 g/mol. The van der Waals surface area contributed by atoms with Crippen molar-refractivity contribution in [3.8, 4) is 0 Å². The van der Waals surface area contributed by atoms with Gasteiger partial charge in [-0.2, -0.15) is 9.61 Å². The molecule has 1 aliphatic rings. The van der Waals surface area contributed by atoms with Crippen molar-refractivity contribution < 1.29 is 9.90 Å². The first-order valence-electron chi connectivity index (χ1n) is 7.72. The number of benzene rings is 1. The fourth-order valence-electron chi connectivity index (χ4n) is 3.31. The van der Waals surface area contributed by atoms with E-state index in [0.717, 1.165) is 11.1 Å². The highest BCUT2D eigenvalue weighted by molar-refractivity contribution is 6.31. The first-order valence-corrected chi connectivity index (χ1v) is 8.10. The summed E-state index contributed by atoms with van der Waals surface area (Å²) in [7, 11) is 0. The topological polar surface area (TPSA) is 90.7 Å². The molecular weight excluding hydrogens is 332 g/mol. The Bertz CT molecular complexity index is 1000. The highest BCUT2D eigenvalue weighted by Gasteiger charge is 2.24. The van der Waals surface area contributed by atoms with Gasteiger partial charge in [-0.15, -0.1) is 0 Å². The second-order valence-corrected chi connectivity index (χ2v) is 6.47. The van der Waals surface area contributed by atoms with Gasteiger partial charge >= 0.3 is 6.09 Å². The number of likely N-dealkylation sites (tertiary alicyclic amines) is 1. The normalized spacial score (nSPS) is 16.1. The van der Waals surface area contributed by atoms with Crippen LogP contribution in [0.4, 0.5) is 4.79 Å². The van der Waals surface area contributed by atoms with Crippen LogP contribution < -0.4 is 5.56 Å². The lowest BCUT2D eigenvalue weighted by Crippen LogP contribution is -2.37. The molecule has 3 heterocycles. The first kappa shape index (κ1) is 15.0. The lowest BCUT2D eigenvalue weighted by Gasteiger charge is -2.29. The molecule has 7 nitrogen and oxygen atoms in total. The van der Waals surface area contributed by atoms with Gasteiger partial charge in [-0.25, -0.2) is 4.79 Å². The maximum absolute atomic E-state index is 12.4. The van der Waals surface area contributed by atoms with Crippen LogP contribution in [0.5, 0.6) is 0 Å². The number of carboxylic acid groups (broad SMARTS) is 1. The molecular formula is C16H15ClN4O3. The Morgan fingerprint density at radius 3 is 2.75 bits per heavy atom. The highest BCUT2D eigenvalue weighted by atomic mass is 35.5. The molecule has 24 heavy (non-hydrogen) atoms. The highest BCUT2D eigenvalue weighted by Crippen LogP contribution is 2.28. The van der Waals surface area contributed by atoms with Crippen molar-refractivity contribution >= 4 is 34.2 Å². The largest absolute Gasteiger partial charge is 0.465 e. The summed E-state index contributed by atoms with van der Waals surface area (Å²) in [6.45, 7) is 0.943. The van der Waals surface area contributed by atoms with Crippen molar-refractivity contribution in [3.05, 3.63) is 45.3 Å². The van der Waals surface area contributed by atoms with Crippen LogP contribution in [0, 0.1) is 0 Å². The quantitative estimate of drug-likeness (QED) is 0.708. The molecule has 4 rings (SSSR count). The third kappa shape index (κ3) is 2.41. The number of nitrogens with zero attached hydrogens (tertiary/aromatic N) is 3. The van der Waals surface area contributed by atoms with E-state index in [1.54, 1.807) is 24.3 Å². The van der Waals surface area contributed by atoms with Crippen LogP contribution in [0.15, 0.2) is 29.1 Å². The molecule has 1 aliphatic heterocycles. The molecule has 0 radical (unpaired) electrons. The lowest BCUT2D eigenvalue weighted by atomic mass is 9.93. The minimum Gasteiger partial charge on any atom is -0.465 e. The average Bonchev–Trinajstić information content (AvgIpc) is 2.93. The number of rotatable bonds is 1. The van der Waals surface area contributed by atoms with Gasteiger partial charge in [0.1, 0.15) is 5.65 Å². The smallest absolute Gasteiger partial charge is 0.407 e. The number of hydrogen-bond acceptors (Lipinski definition) is 3. The SMILES string of the molecule is O=C(O)N1CCC(c2cc(=O)n3nc4ccc(Cl)cc4c3[nH]2)CC1. The summed E-state index contributed by atoms with van der Waals surface area (Å²) >= 11 is 6.06. The van der Waals surface area contributed by atoms with Crippen LogP contribution in [0.2, 0.25) is 5.02 Å². The van der Waals surface area contributed by atoms with E-state index in [-0.39, 0.29) is 11.5 Å². The van der Waals surface area contributed by atoms with Gasteiger partial charge in [0.05, 0.1) is 5.52 Å². The molecule has 0 aliphatic carbocycles. The summed E-state index contributed by atoms with van der Waals surface area (Å²) in [4.78, 5) is 28.1. The molecule has 0 spiro atoms. The predicted octanol–water partition coefficient (Wildman–Crippen LogP) is 2.69. The van der Waals surface area contributed by atoms with Crippen LogP contribution in [0.25, 0.3) is 16.6 Å². The molecule has 2 aromatic heterocycles. The zero-order chi connectivity index (χ0) is 16.8. The van der Waals surface area contributed by atoms with Crippen LogP contribution >= 0.6 is 11.6 Å². The zero-order valence-corrected chi connectivity index (χ0v) is 13.5. The van der Waals surface area contributed by atoms with Gasteiger partial charge in [0, 0.05) is 41.2 Å². The minimum atomic E-state index is -0.895. The fourth-order valence-corrected chi connectivity index (χ4v) is 3.48. The van der Waals surface area contributed by atoms with Crippen molar-refractivity contribution in [2.24, 2.45) is 0 Å². The molecule has 0 unspecified atom stereocenters. The molecule has 0 atom stereocenters. The van der Waals surface area contributed by atoms with Crippen LogP contribution in [0.3, 0.4) is 0 Å². The minimum absolute atomic E-state index is 0.127. The third-order valence-corrected chi connectivity index (χ3v) is 4.82. The second-order valence-electron chi connectivity index (χ2n) is 6.03. The van der Waals surface area contributed by atoms with Gasteiger partial charge in [0.25, 0.3) is 5.56 Å². The molecule has 1 aromatic carbocycles. The number of aromatic amines is 1. The summed E-state index contributed by atoms with van der Waals surface area (Å²) < 4.78 is 1.34. The number of fused-ring (bicyclic) bond motifs is 3. The van der Waals surface area contributed by atoms with E-state index < -0.39 is 6.09 Å². The van der Waals surface area contributed by atoms with E-state index in [0.29, 0.717) is 42.1 Å². The number of amides is 1. The van der Waals surface area contributed by atoms with Crippen LogP contribution in [-0.2, 0) is 0 Å². The number of aromatic nitrogens is 3. The maximum Gasteiger partial charge on any atom is 0.407 e. The number of hydrogen-bond donors (Lipinski definition) is 2. The van der Waals surface area contributed by atoms with E-state index in [1.165, 1.54) is 9.42 Å². The molecule has 8 heteroatoms. The van der Waals surface area contributed by atoms with E-state index in [9.17, 15) is 9.59 Å². The molecule has 1 amide bonds. The molecule has 0 bridgehead atoms. The van der Waals surface area contributed by atoms with Crippen LogP contribution in [-0.4, -0.2) is 43.8 Å². The number of H-pyrrole nitrogens is 1. The molecule has 0 saturated carbocycles. The van der Waals surface area contributed by atoms with E-state index in [4.69, 9.17) is 16.7 Å². The standard InChI is InChI=1S/C16H15ClN4O3/c17-10-1-2-12-11(7-10)15-18-13(8-14(22)21(15)19-12)9-3-5-20(6-4-9)16(23)24/h1-2,7-9,18H,3-6H2,(H,23,24). The number of piperidine rings is 1. The van der Waals surface area contributed by atoms with Gasteiger partial charge in [0.15, 0.2) is 0 Å². The van der Waals surface area contributed by atoms with E-state index in [2.05, 4.69) is 10.1 Å². The Kier molecular flexibility index (Phi) is 3.45. The maximum atomic E-state index is 12.4. The van der Waals surface area contributed by atoms with E-state index in [1.807, 2.05) is 0 Å². The molecule has 124 valence electrons.